The summed E-state index contributed by atoms with van der Waals surface area (Å²) in [6.07, 6.45) is 0. The molecule has 19 heavy (non-hydrogen) atoms. The zero-order chi connectivity index (χ0) is 14.6. The SMILES string of the molecule is CC(C)NC(C)(CSc1nnc(N(C)C)s1)C(N)=O. The number of nitrogens with one attached hydrogen (secondary N) is 1. The summed E-state index contributed by atoms with van der Waals surface area (Å²) < 4.78 is 0.835. The van der Waals surface area contributed by atoms with E-state index in [0.717, 1.165) is 9.47 Å². The first kappa shape index (κ1) is 16.2. The number of hydrogen-bond donors (Lipinski definition) is 2. The largest absolute Gasteiger partial charge is 0.368 e. The van der Waals surface area contributed by atoms with E-state index < -0.39 is 5.54 Å². The van der Waals surface area contributed by atoms with Crippen molar-refractivity contribution in [3.8, 4) is 0 Å². The van der Waals surface area contributed by atoms with Crippen LogP contribution in [0, 0.1) is 0 Å². The molecule has 1 rings (SSSR count). The van der Waals surface area contributed by atoms with Gasteiger partial charge in [-0.3, -0.25) is 4.79 Å². The molecule has 8 heteroatoms. The van der Waals surface area contributed by atoms with E-state index in [4.69, 9.17) is 5.73 Å². The highest BCUT2D eigenvalue weighted by Gasteiger charge is 2.32. The van der Waals surface area contributed by atoms with Crippen LogP contribution in [0.4, 0.5) is 5.13 Å². The van der Waals surface area contributed by atoms with Crippen molar-refractivity contribution in [3.05, 3.63) is 0 Å². The fraction of sp³-hybridized carbons (Fsp3) is 0.727. The van der Waals surface area contributed by atoms with Gasteiger partial charge in [0.05, 0.1) is 0 Å². The van der Waals surface area contributed by atoms with Crippen LogP contribution < -0.4 is 16.0 Å². The predicted octanol–water partition coefficient (Wildman–Crippen LogP) is 0.938. The van der Waals surface area contributed by atoms with E-state index in [2.05, 4.69) is 15.5 Å². The van der Waals surface area contributed by atoms with Gasteiger partial charge in [-0.1, -0.05) is 23.1 Å². The number of aromatic nitrogens is 2. The second kappa shape index (κ2) is 6.53. The number of rotatable bonds is 7. The number of thioether (sulfide) groups is 1. The highest BCUT2D eigenvalue weighted by molar-refractivity contribution is 8.01. The number of primary amides is 1. The summed E-state index contributed by atoms with van der Waals surface area (Å²) >= 11 is 2.99. The van der Waals surface area contributed by atoms with E-state index in [1.165, 1.54) is 23.1 Å². The Morgan fingerprint density at radius 1 is 1.53 bits per heavy atom. The van der Waals surface area contributed by atoms with E-state index in [9.17, 15) is 4.79 Å². The Morgan fingerprint density at radius 3 is 2.58 bits per heavy atom. The maximum Gasteiger partial charge on any atom is 0.238 e. The summed E-state index contributed by atoms with van der Waals surface area (Å²) in [5, 5.41) is 12.2. The van der Waals surface area contributed by atoms with Gasteiger partial charge in [0.15, 0.2) is 4.34 Å². The Balaban J connectivity index is 2.68. The average Bonchev–Trinajstić information content (AvgIpc) is 2.74. The second-order valence-electron chi connectivity index (χ2n) is 5.03. The van der Waals surface area contributed by atoms with Crippen molar-refractivity contribution in [2.24, 2.45) is 5.73 Å². The molecule has 0 aliphatic heterocycles. The van der Waals surface area contributed by atoms with Crippen LogP contribution in [-0.2, 0) is 4.79 Å². The first-order valence-corrected chi connectivity index (χ1v) is 7.76. The molecular formula is C11H21N5OS2. The van der Waals surface area contributed by atoms with Crippen LogP contribution in [0.25, 0.3) is 0 Å². The van der Waals surface area contributed by atoms with Crippen molar-refractivity contribution in [2.45, 2.75) is 36.7 Å². The summed E-state index contributed by atoms with van der Waals surface area (Å²) in [5.74, 6) is 0.175. The quantitative estimate of drug-likeness (QED) is 0.729. The summed E-state index contributed by atoms with van der Waals surface area (Å²) in [4.78, 5) is 13.5. The summed E-state index contributed by atoms with van der Waals surface area (Å²) in [6, 6.07) is 0.185. The molecular weight excluding hydrogens is 282 g/mol. The van der Waals surface area contributed by atoms with E-state index in [1.807, 2.05) is 39.8 Å². The minimum Gasteiger partial charge on any atom is -0.368 e. The van der Waals surface area contributed by atoms with Gasteiger partial charge in [-0.15, -0.1) is 10.2 Å². The summed E-state index contributed by atoms with van der Waals surface area (Å²) in [6.45, 7) is 5.79. The molecule has 0 saturated carbocycles. The molecule has 6 nitrogen and oxygen atoms in total. The lowest BCUT2D eigenvalue weighted by Gasteiger charge is -2.29. The van der Waals surface area contributed by atoms with E-state index in [1.54, 1.807) is 0 Å². The Hall–Kier alpha value is -0.860. The number of anilines is 1. The number of carbonyl (C=O) groups is 1. The average molecular weight is 303 g/mol. The number of carbonyl (C=O) groups excluding carboxylic acids is 1. The zero-order valence-electron chi connectivity index (χ0n) is 11.9. The normalized spacial score (nSPS) is 14.4. The molecule has 0 aliphatic carbocycles. The molecule has 0 spiro atoms. The maximum absolute atomic E-state index is 11.6. The van der Waals surface area contributed by atoms with Gasteiger partial charge in [-0.25, -0.2) is 0 Å². The third-order valence-corrected chi connectivity index (χ3v) is 4.95. The first-order valence-electron chi connectivity index (χ1n) is 5.96. The van der Waals surface area contributed by atoms with Gasteiger partial charge in [0.25, 0.3) is 0 Å². The molecule has 1 unspecified atom stereocenters. The maximum atomic E-state index is 11.6. The highest BCUT2D eigenvalue weighted by atomic mass is 32.2. The molecule has 1 heterocycles. The van der Waals surface area contributed by atoms with Gasteiger partial charge in [0, 0.05) is 25.9 Å². The first-order chi connectivity index (χ1) is 8.74. The lowest BCUT2D eigenvalue weighted by Crippen LogP contribution is -2.57. The van der Waals surface area contributed by atoms with Gasteiger partial charge >= 0.3 is 0 Å². The van der Waals surface area contributed by atoms with Gasteiger partial charge in [-0.05, 0) is 20.8 Å². The molecule has 108 valence electrons. The summed E-state index contributed by atoms with van der Waals surface area (Å²) in [5.41, 5.74) is 4.73. The highest BCUT2D eigenvalue weighted by Crippen LogP contribution is 2.29. The number of amides is 1. The predicted molar refractivity (Wildman–Crippen MR) is 80.8 cm³/mol. The van der Waals surface area contributed by atoms with E-state index in [0.29, 0.717) is 5.75 Å². The third kappa shape index (κ3) is 4.63. The Morgan fingerprint density at radius 2 is 2.16 bits per heavy atom. The molecule has 0 bridgehead atoms. The summed E-state index contributed by atoms with van der Waals surface area (Å²) in [7, 11) is 3.84. The molecule has 1 atom stereocenters. The van der Waals surface area contributed by atoms with Crippen LogP contribution in [0.3, 0.4) is 0 Å². The third-order valence-electron chi connectivity index (χ3n) is 2.41. The molecule has 1 amide bonds. The molecule has 3 N–H and O–H groups in total. The monoisotopic (exact) mass is 303 g/mol. The number of hydrogen-bond acceptors (Lipinski definition) is 7. The fourth-order valence-corrected chi connectivity index (χ4v) is 3.34. The lowest BCUT2D eigenvalue weighted by molar-refractivity contribution is -0.123. The van der Waals surface area contributed by atoms with Gasteiger partial charge < -0.3 is 16.0 Å². The Bertz CT molecular complexity index is 434. The Labute approximate surface area is 122 Å². The van der Waals surface area contributed by atoms with Crippen LogP contribution in [0.2, 0.25) is 0 Å². The molecule has 0 saturated heterocycles. The Kier molecular flexibility index (Phi) is 5.57. The van der Waals surface area contributed by atoms with Crippen molar-refractivity contribution in [3.63, 3.8) is 0 Å². The minimum absolute atomic E-state index is 0.185. The van der Waals surface area contributed by atoms with E-state index in [-0.39, 0.29) is 11.9 Å². The second-order valence-corrected chi connectivity index (χ2v) is 7.21. The van der Waals surface area contributed by atoms with E-state index >= 15 is 0 Å². The minimum atomic E-state index is -0.747. The van der Waals surface area contributed by atoms with Crippen molar-refractivity contribution in [1.29, 1.82) is 0 Å². The van der Waals surface area contributed by atoms with Crippen LogP contribution in [-0.4, -0.2) is 47.5 Å². The van der Waals surface area contributed by atoms with Crippen molar-refractivity contribution < 1.29 is 4.79 Å². The van der Waals surface area contributed by atoms with Crippen LogP contribution >= 0.6 is 23.1 Å². The zero-order valence-corrected chi connectivity index (χ0v) is 13.6. The number of nitrogens with zero attached hydrogens (tertiary/aromatic N) is 3. The van der Waals surface area contributed by atoms with Crippen LogP contribution in [0.15, 0.2) is 4.34 Å². The van der Waals surface area contributed by atoms with Crippen molar-refractivity contribution in [2.75, 3.05) is 24.7 Å². The van der Waals surface area contributed by atoms with Gasteiger partial charge in [-0.2, -0.15) is 0 Å². The van der Waals surface area contributed by atoms with Gasteiger partial charge in [0.1, 0.15) is 5.54 Å². The molecule has 1 aromatic rings. The van der Waals surface area contributed by atoms with Crippen LogP contribution in [0.5, 0.6) is 0 Å². The lowest BCUT2D eigenvalue weighted by atomic mass is 10.0. The fourth-order valence-electron chi connectivity index (χ4n) is 1.47. The van der Waals surface area contributed by atoms with Crippen molar-refractivity contribution >= 4 is 34.1 Å². The topological polar surface area (TPSA) is 84.1 Å². The molecule has 0 aromatic carbocycles. The smallest absolute Gasteiger partial charge is 0.238 e. The molecule has 1 aromatic heterocycles. The standard InChI is InChI=1S/C11H21N5OS2/c1-7(2)13-11(3,8(12)17)6-18-10-15-14-9(19-10)16(4)5/h7,13H,6H2,1-5H3,(H2,12,17). The van der Waals surface area contributed by atoms with Gasteiger partial charge in [0.2, 0.25) is 11.0 Å². The molecule has 0 radical (unpaired) electrons. The van der Waals surface area contributed by atoms with Crippen LogP contribution in [0.1, 0.15) is 20.8 Å². The molecule has 0 aliphatic rings. The number of nitrogens with two attached hydrogens (primary N) is 1. The molecule has 0 fully saturated rings. The van der Waals surface area contributed by atoms with Crippen molar-refractivity contribution in [1.82, 2.24) is 15.5 Å².